The number of rotatable bonds is 6. The van der Waals surface area contributed by atoms with Gasteiger partial charge in [0.15, 0.2) is 11.6 Å². The first-order valence-electron chi connectivity index (χ1n) is 12.7. The Hall–Kier alpha value is -3.67. The third-order valence-corrected chi connectivity index (χ3v) is 8.76. The minimum Gasteiger partial charge on any atom is -0.347 e. The van der Waals surface area contributed by atoms with Gasteiger partial charge in [0, 0.05) is 37.6 Å². The van der Waals surface area contributed by atoms with Crippen LogP contribution in [0.5, 0.6) is 0 Å². The summed E-state index contributed by atoms with van der Waals surface area (Å²) < 4.78 is 0. The second-order valence-corrected chi connectivity index (χ2v) is 11.6. The zero-order chi connectivity index (χ0) is 27.2. The van der Waals surface area contributed by atoms with Gasteiger partial charge in [-0.3, -0.25) is 9.98 Å². The molecule has 0 fully saturated rings. The van der Waals surface area contributed by atoms with Crippen LogP contribution in [0.15, 0.2) is 59.9 Å². The fourth-order valence-electron chi connectivity index (χ4n) is 5.11. The highest BCUT2D eigenvalue weighted by Crippen LogP contribution is 2.61. The number of hydrogen-bond donors (Lipinski definition) is 0. The van der Waals surface area contributed by atoms with E-state index in [9.17, 15) is 0 Å². The van der Waals surface area contributed by atoms with Gasteiger partial charge in [-0.05, 0) is 70.9 Å². The first-order chi connectivity index (χ1) is 17.3. The summed E-state index contributed by atoms with van der Waals surface area (Å²) in [7, 11) is 3.85. The van der Waals surface area contributed by atoms with Gasteiger partial charge in [-0.2, -0.15) is 9.97 Å². The Morgan fingerprint density at radius 2 is 1.51 bits per heavy atom. The summed E-state index contributed by atoms with van der Waals surface area (Å²) in [5.41, 5.74) is 6.67. The van der Waals surface area contributed by atoms with Crippen molar-refractivity contribution in [1.82, 2.24) is 19.9 Å². The standard InChI is InChI=1S/C31H38N6/c1-20(26-34-27(21-15-17-33-18-16-21)36-28(35-26)37(9)10)11-14-25(32-8)22-12-13-23-24(19-22)30(4,5)31(6,7)29(23,2)3/h11-19H,8H2,1-7,9-10H3/b20-11+,25-14-. The van der Waals surface area contributed by atoms with Crippen LogP contribution in [0.1, 0.15) is 71.0 Å². The molecule has 0 radical (unpaired) electrons. The highest BCUT2D eigenvalue weighted by Gasteiger charge is 2.56. The van der Waals surface area contributed by atoms with E-state index in [1.165, 1.54) is 11.1 Å². The molecule has 0 saturated carbocycles. The second-order valence-electron chi connectivity index (χ2n) is 11.6. The summed E-state index contributed by atoms with van der Waals surface area (Å²) in [6, 6.07) is 10.5. The Morgan fingerprint density at radius 1 is 0.865 bits per heavy atom. The fraction of sp³-hybridized carbons (Fsp3) is 0.387. The van der Waals surface area contributed by atoms with Crippen molar-refractivity contribution in [2.24, 2.45) is 10.4 Å². The number of allylic oxidation sites excluding steroid dienone is 3. The summed E-state index contributed by atoms with van der Waals surface area (Å²) >= 11 is 0. The SMILES string of the molecule is C=N/C(=C\C=C(/C)c1nc(-c2ccncc2)nc(N(C)C)n1)c1ccc2c(c1)C(C)(C)C(C)(C)C2(C)C. The molecule has 1 aliphatic rings. The first-order valence-corrected chi connectivity index (χ1v) is 12.7. The molecular formula is C31H38N6. The van der Waals surface area contributed by atoms with Crippen LogP contribution >= 0.6 is 0 Å². The molecule has 6 heteroatoms. The van der Waals surface area contributed by atoms with Crippen LogP contribution in [-0.4, -0.2) is 40.7 Å². The number of aromatic nitrogens is 4. The van der Waals surface area contributed by atoms with Crippen LogP contribution in [0.3, 0.4) is 0 Å². The van der Waals surface area contributed by atoms with Crippen molar-refractivity contribution < 1.29 is 0 Å². The molecule has 2 aromatic heterocycles. The average Bonchev–Trinajstić information content (AvgIpc) is 2.98. The van der Waals surface area contributed by atoms with Crippen LogP contribution in [0.25, 0.3) is 22.7 Å². The van der Waals surface area contributed by atoms with Crippen molar-refractivity contribution in [3.63, 3.8) is 0 Å². The molecule has 0 spiro atoms. The largest absolute Gasteiger partial charge is 0.347 e. The van der Waals surface area contributed by atoms with Gasteiger partial charge < -0.3 is 4.90 Å². The number of nitrogens with zero attached hydrogens (tertiary/aromatic N) is 6. The number of benzene rings is 1. The average molecular weight is 495 g/mol. The Kier molecular flexibility index (Phi) is 6.65. The van der Waals surface area contributed by atoms with E-state index in [4.69, 9.17) is 4.98 Å². The molecule has 192 valence electrons. The lowest BCUT2D eigenvalue weighted by Crippen LogP contribution is -2.42. The van der Waals surface area contributed by atoms with Crippen molar-refractivity contribution in [2.45, 2.75) is 59.3 Å². The van der Waals surface area contributed by atoms with Gasteiger partial charge in [-0.15, -0.1) is 0 Å². The van der Waals surface area contributed by atoms with Gasteiger partial charge in [0.25, 0.3) is 0 Å². The minimum absolute atomic E-state index is 0.0245. The highest BCUT2D eigenvalue weighted by atomic mass is 15.2. The minimum atomic E-state index is 0.0245. The molecule has 37 heavy (non-hydrogen) atoms. The molecule has 0 unspecified atom stereocenters. The molecule has 6 nitrogen and oxygen atoms in total. The Balaban J connectivity index is 1.75. The maximum Gasteiger partial charge on any atom is 0.228 e. The van der Waals surface area contributed by atoms with Crippen molar-refractivity contribution in [2.75, 3.05) is 19.0 Å². The highest BCUT2D eigenvalue weighted by molar-refractivity contribution is 5.74. The van der Waals surface area contributed by atoms with Crippen LogP contribution in [0.4, 0.5) is 5.95 Å². The smallest absolute Gasteiger partial charge is 0.228 e. The number of fused-ring (bicyclic) bond motifs is 1. The maximum atomic E-state index is 4.74. The molecule has 2 heterocycles. The van der Waals surface area contributed by atoms with E-state index in [-0.39, 0.29) is 16.2 Å². The van der Waals surface area contributed by atoms with Crippen LogP contribution in [-0.2, 0) is 10.8 Å². The van der Waals surface area contributed by atoms with E-state index in [0.29, 0.717) is 17.6 Å². The first kappa shape index (κ1) is 26.4. The zero-order valence-corrected chi connectivity index (χ0v) is 23.6. The predicted octanol–water partition coefficient (Wildman–Crippen LogP) is 6.74. The monoisotopic (exact) mass is 494 g/mol. The van der Waals surface area contributed by atoms with Crippen LogP contribution < -0.4 is 4.90 Å². The van der Waals surface area contributed by atoms with E-state index in [1.807, 2.05) is 50.2 Å². The lowest BCUT2D eigenvalue weighted by atomic mass is 9.59. The molecule has 0 N–H and O–H groups in total. The number of aliphatic imine (C=N–C) groups is 1. The normalized spacial score (nSPS) is 17.9. The van der Waals surface area contributed by atoms with Gasteiger partial charge in [0.2, 0.25) is 5.95 Å². The van der Waals surface area contributed by atoms with Crippen molar-refractivity contribution in [1.29, 1.82) is 0 Å². The third kappa shape index (κ3) is 4.39. The number of anilines is 1. The number of pyridine rings is 1. The van der Waals surface area contributed by atoms with E-state index >= 15 is 0 Å². The zero-order valence-electron chi connectivity index (χ0n) is 23.6. The summed E-state index contributed by atoms with van der Waals surface area (Å²) in [6.45, 7) is 20.0. The summed E-state index contributed by atoms with van der Waals surface area (Å²) in [5, 5.41) is 0. The molecule has 0 aliphatic heterocycles. The topological polar surface area (TPSA) is 67.2 Å². The molecule has 1 aromatic carbocycles. The van der Waals surface area contributed by atoms with Gasteiger partial charge in [0.1, 0.15) is 0 Å². The molecule has 0 amide bonds. The van der Waals surface area contributed by atoms with E-state index in [0.717, 1.165) is 22.4 Å². The number of hydrogen-bond acceptors (Lipinski definition) is 6. The van der Waals surface area contributed by atoms with Gasteiger partial charge in [-0.25, -0.2) is 4.98 Å². The molecule has 0 atom stereocenters. The Morgan fingerprint density at radius 3 is 2.14 bits per heavy atom. The van der Waals surface area contributed by atoms with E-state index < -0.39 is 0 Å². The Bertz CT molecular complexity index is 1390. The van der Waals surface area contributed by atoms with Crippen molar-refractivity contribution >= 4 is 23.9 Å². The summed E-state index contributed by atoms with van der Waals surface area (Å²) in [5.74, 6) is 1.83. The molecular weight excluding hydrogens is 456 g/mol. The fourth-order valence-corrected chi connectivity index (χ4v) is 5.11. The third-order valence-electron chi connectivity index (χ3n) is 8.76. The quantitative estimate of drug-likeness (QED) is 0.280. The van der Waals surface area contributed by atoms with Gasteiger partial charge in [-0.1, -0.05) is 59.8 Å². The van der Waals surface area contributed by atoms with Crippen molar-refractivity contribution in [3.05, 3.63) is 77.4 Å². The Labute approximate surface area is 221 Å². The van der Waals surface area contributed by atoms with Gasteiger partial charge in [0.05, 0.1) is 5.70 Å². The van der Waals surface area contributed by atoms with Crippen LogP contribution in [0.2, 0.25) is 0 Å². The predicted molar refractivity (Wildman–Crippen MR) is 155 cm³/mol. The summed E-state index contributed by atoms with van der Waals surface area (Å²) in [6.07, 6.45) is 7.47. The molecule has 0 saturated heterocycles. The molecule has 4 rings (SSSR count). The van der Waals surface area contributed by atoms with E-state index in [1.54, 1.807) is 12.4 Å². The molecule has 0 bridgehead atoms. The van der Waals surface area contributed by atoms with Crippen LogP contribution in [0, 0.1) is 5.41 Å². The lowest BCUT2D eigenvalue weighted by molar-refractivity contribution is 0.125. The van der Waals surface area contributed by atoms with Crippen molar-refractivity contribution in [3.8, 4) is 11.4 Å². The molecule has 1 aliphatic carbocycles. The molecule has 3 aromatic rings. The van der Waals surface area contributed by atoms with Gasteiger partial charge >= 0.3 is 0 Å². The van der Waals surface area contributed by atoms with E-state index in [2.05, 4.69) is 86.4 Å². The summed E-state index contributed by atoms with van der Waals surface area (Å²) in [4.78, 5) is 24.4. The second kappa shape index (κ2) is 9.33. The maximum absolute atomic E-state index is 4.74. The lowest BCUT2D eigenvalue weighted by Gasteiger charge is -2.44.